The molecule has 0 aliphatic rings. The van der Waals surface area contributed by atoms with Gasteiger partial charge in [-0.15, -0.1) is 0 Å². The van der Waals surface area contributed by atoms with Crippen LogP contribution >= 0.6 is 0 Å². The Labute approximate surface area is 138 Å². The molecule has 1 amide bonds. The van der Waals surface area contributed by atoms with Crippen molar-refractivity contribution in [3.63, 3.8) is 0 Å². The van der Waals surface area contributed by atoms with Crippen molar-refractivity contribution in [3.8, 4) is 17.4 Å². The number of esters is 1. The topological polar surface area (TPSA) is 105 Å². The first kappa shape index (κ1) is 17.0. The fourth-order valence-corrected chi connectivity index (χ4v) is 1.84. The van der Waals surface area contributed by atoms with Gasteiger partial charge < -0.3 is 9.15 Å². The molecule has 0 fully saturated rings. The molecule has 0 saturated carbocycles. The minimum atomic E-state index is -0.491. The van der Waals surface area contributed by atoms with Gasteiger partial charge in [0.05, 0.1) is 24.5 Å². The summed E-state index contributed by atoms with van der Waals surface area (Å²) in [6.45, 7) is 2.08. The predicted molar refractivity (Wildman–Crippen MR) is 86.1 cm³/mol. The molecule has 0 aliphatic carbocycles. The first-order valence-electron chi connectivity index (χ1n) is 7.20. The average molecular weight is 325 g/mol. The summed E-state index contributed by atoms with van der Waals surface area (Å²) in [6.07, 6.45) is 1.08. The number of rotatable bonds is 6. The SMILES string of the molecule is CCOC(=O)c1ccc(-c2ccc(/C=N/NC(=O)CC#N)o2)cc1. The Morgan fingerprint density at radius 2 is 2.04 bits per heavy atom. The summed E-state index contributed by atoms with van der Waals surface area (Å²) in [7, 11) is 0. The maximum atomic E-state index is 11.6. The lowest BCUT2D eigenvalue weighted by atomic mass is 10.1. The van der Waals surface area contributed by atoms with Gasteiger partial charge in [-0.05, 0) is 31.2 Å². The second-order valence-electron chi connectivity index (χ2n) is 4.63. The van der Waals surface area contributed by atoms with E-state index in [1.165, 1.54) is 6.21 Å². The zero-order valence-corrected chi connectivity index (χ0v) is 13.0. The highest BCUT2D eigenvalue weighted by Crippen LogP contribution is 2.22. The van der Waals surface area contributed by atoms with Gasteiger partial charge in [0, 0.05) is 5.56 Å². The summed E-state index contributed by atoms with van der Waals surface area (Å²) in [5, 5.41) is 12.1. The molecule has 0 atom stereocenters. The minimum Gasteiger partial charge on any atom is -0.462 e. The van der Waals surface area contributed by atoms with Crippen molar-refractivity contribution >= 4 is 18.1 Å². The molecule has 7 nitrogen and oxygen atoms in total. The van der Waals surface area contributed by atoms with Crippen LogP contribution in [0.1, 0.15) is 29.5 Å². The monoisotopic (exact) mass is 325 g/mol. The molecule has 1 heterocycles. The van der Waals surface area contributed by atoms with E-state index < -0.39 is 5.91 Å². The number of carbonyl (C=O) groups excluding carboxylic acids is 2. The highest BCUT2D eigenvalue weighted by atomic mass is 16.5. The number of ether oxygens (including phenoxy) is 1. The van der Waals surface area contributed by atoms with Gasteiger partial charge in [-0.3, -0.25) is 4.79 Å². The summed E-state index contributed by atoms with van der Waals surface area (Å²) in [5.74, 6) is 0.173. The van der Waals surface area contributed by atoms with E-state index in [-0.39, 0.29) is 12.4 Å². The van der Waals surface area contributed by atoms with Crippen LogP contribution < -0.4 is 5.43 Å². The van der Waals surface area contributed by atoms with Gasteiger partial charge in [0.1, 0.15) is 17.9 Å². The lowest BCUT2D eigenvalue weighted by molar-refractivity contribution is -0.120. The van der Waals surface area contributed by atoms with E-state index in [4.69, 9.17) is 14.4 Å². The molecular weight excluding hydrogens is 310 g/mol. The fourth-order valence-electron chi connectivity index (χ4n) is 1.84. The Kier molecular flexibility index (Phi) is 5.86. The highest BCUT2D eigenvalue weighted by molar-refractivity contribution is 5.90. The van der Waals surface area contributed by atoms with Crippen LogP contribution in [0.25, 0.3) is 11.3 Å². The van der Waals surface area contributed by atoms with Crippen LogP contribution in [-0.4, -0.2) is 24.7 Å². The zero-order valence-electron chi connectivity index (χ0n) is 13.0. The minimum absolute atomic E-state index is 0.256. The van der Waals surface area contributed by atoms with E-state index in [0.717, 1.165) is 5.56 Å². The number of hydrogen-bond acceptors (Lipinski definition) is 6. The number of nitrogens with zero attached hydrogens (tertiary/aromatic N) is 2. The standard InChI is InChI=1S/C17H15N3O4/c1-2-23-17(22)13-5-3-12(4-6-13)15-8-7-14(24-15)11-19-20-16(21)9-10-18/h3-8,11H,2,9H2,1H3,(H,20,21)/b19-11+. The van der Waals surface area contributed by atoms with Crippen LogP contribution in [0, 0.1) is 11.3 Å². The molecule has 0 aliphatic heterocycles. The molecule has 2 aromatic rings. The van der Waals surface area contributed by atoms with E-state index in [0.29, 0.717) is 23.7 Å². The molecule has 7 heteroatoms. The van der Waals surface area contributed by atoms with Crippen LogP contribution in [0.15, 0.2) is 45.9 Å². The van der Waals surface area contributed by atoms with Crippen molar-refractivity contribution in [2.24, 2.45) is 5.10 Å². The molecule has 1 N–H and O–H groups in total. The maximum absolute atomic E-state index is 11.6. The molecule has 122 valence electrons. The van der Waals surface area contributed by atoms with Crippen LogP contribution in [0.2, 0.25) is 0 Å². The van der Waals surface area contributed by atoms with E-state index in [1.807, 2.05) is 0 Å². The number of hydrazone groups is 1. The van der Waals surface area contributed by atoms with Crippen LogP contribution in [0.5, 0.6) is 0 Å². The van der Waals surface area contributed by atoms with Crippen molar-refractivity contribution in [1.29, 1.82) is 5.26 Å². The summed E-state index contributed by atoms with van der Waals surface area (Å²) in [4.78, 5) is 22.7. The van der Waals surface area contributed by atoms with E-state index >= 15 is 0 Å². The summed E-state index contributed by atoms with van der Waals surface area (Å²) in [6, 6.07) is 12.0. The maximum Gasteiger partial charge on any atom is 0.338 e. The Morgan fingerprint density at radius 3 is 2.71 bits per heavy atom. The quantitative estimate of drug-likeness (QED) is 0.499. The number of furan rings is 1. The second kappa shape index (κ2) is 8.29. The number of carbonyl (C=O) groups is 2. The number of hydrogen-bond donors (Lipinski definition) is 1. The molecule has 24 heavy (non-hydrogen) atoms. The highest BCUT2D eigenvalue weighted by Gasteiger charge is 2.08. The van der Waals surface area contributed by atoms with Gasteiger partial charge in [0.25, 0.3) is 5.91 Å². The number of nitriles is 1. The lowest BCUT2D eigenvalue weighted by Gasteiger charge is -2.02. The van der Waals surface area contributed by atoms with Crippen LogP contribution in [0.3, 0.4) is 0 Å². The fraction of sp³-hybridized carbons (Fsp3) is 0.176. The Morgan fingerprint density at radius 1 is 1.29 bits per heavy atom. The Bertz CT molecular complexity index is 785. The third-order valence-electron chi connectivity index (χ3n) is 2.93. The van der Waals surface area contributed by atoms with Gasteiger partial charge in [-0.1, -0.05) is 12.1 Å². The van der Waals surface area contributed by atoms with E-state index in [1.54, 1.807) is 49.4 Å². The lowest BCUT2D eigenvalue weighted by Crippen LogP contribution is -2.15. The smallest absolute Gasteiger partial charge is 0.338 e. The van der Waals surface area contributed by atoms with Crippen molar-refractivity contribution in [3.05, 3.63) is 47.7 Å². The molecular formula is C17H15N3O4. The third kappa shape index (κ3) is 4.55. The normalized spacial score (nSPS) is 10.3. The van der Waals surface area contributed by atoms with Gasteiger partial charge in [-0.2, -0.15) is 10.4 Å². The number of benzene rings is 1. The van der Waals surface area contributed by atoms with Gasteiger partial charge in [0.2, 0.25) is 0 Å². The molecule has 1 aromatic heterocycles. The first-order chi connectivity index (χ1) is 11.6. The molecule has 0 spiro atoms. The van der Waals surface area contributed by atoms with E-state index in [2.05, 4.69) is 10.5 Å². The molecule has 0 radical (unpaired) electrons. The number of nitrogens with one attached hydrogen (secondary N) is 1. The molecule has 2 rings (SSSR count). The van der Waals surface area contributed by atoms with Gasteiger partial charge in [0.15, 0.2) is 0 Å². The van der Waals surface area contributed by atoms with E-state index in [9.17, 15) is 9.59 Å². The van der Waals surface area contributed by atoms with Crippen molar-refractivity contribution in [2.75, 3.05) is 6.61 Å². The summed E-state index contributed by atoms with van der Waals surface area (Å²) >= 11 is 0. The van der Waals surface area contributed by atoms with Crippen LogP contribution in [-0.2, 0) is 9.53 Å². The summed E-state index contributed by atoms with van der Waals surface area (Å²) in [5.41, 5.74) is 3.46. The second-order valence-corrected chi connectivity index (χ2v) is 4.63. The third-order valence-corrected chi connectivity index (χ3v) is 2.93. The zero-order chi connectivity index (χ0) is 17.4. The van der Waals surface area contributed by atoms with Crippen molar-refractivity contribution in [1.82, 2.24) is 5.43 Å². The van der Waals surface area contributed by atoms with Gasteiger partial charge in [-0.25, -0.2) is 10.2 Å². The van der Waals surface area contributed by atoms with Crippen LogP contribution in [0.4, 0.5) is 0 Å². The Balaban J connectivity index is 2.02. The average Bonchev–Trinajstić information content (AvgIpc) is 3.04. The summed E-state index contributed by atoms with van der Waals surface area (Å²) < 4.78 is 10.5. The molecule has 0 saturated heterocycles. The molecule has 0 bridgehead atoms. The molecule has 1 aromatic carbocycles. The largest absolute Gasteiger partial charge is 0.462 e. The van der Waals surface area contributed by atoms with Crippen molar-refractivity contribution < 1.29 is 18.7 Å². The van der Waals surface area contributed by atoms with Crippen molar-refractivity contribution in [2.45, 2.75) is 13.3 Å². The van der Waals surface area contributed by atoms with Gasteiger partial charge >= 0.3 is 5.97 Å². The first-order valence-corrected chi connectivity index (χ1v) is 7.20. The number of amides is 1. The Hall–Kier alpha value is -3.40. The predicted octanol–water partition coefficient (Wildman–Crippen LogP) is 2.49. The molecule has 0 unspecified atom stereocenters.